The number of benzene rings is 10. The molecule has 1 heterocycles. The maximum Gasteiger partial charge on any atom is 0.0726 e. The second kappa shape index (κ2) is 13.0. The first-order valence-electron chi connectivity index (χ1n) is 21.2. The molecule has 13 rings (SSSR count). The molecule has 1 spiro atoms. The van der Waals surface area contributed by atoms with Crippen molar-refractivity contribution in [2.45, 2.75) is 5.41 Å². The van der Waals surface area contributed by atoms with Crippen molar-refractivity contribution in [1.82, 2.24) is 4.57 Å². The molecule has 284 valence electrons. The van der Waals surface area contributed by atoms with Crippen molar-refractivity contribution in [3.05, 3.63) is 253 Å². The average molecular weight is 775 g/mol. The Labute approximate surface area is 354 Å². The Bertz CT molecular complexity index is 3500. The maximum absolute atomic E-state index is 2.55. The summed E-state index contributed by atoms with van der Waals surface area (Å²) >= 11 is 0. The van der Waals surface area contributed by atoms with Gasteiger partial charge in [-0.05, 0) is 97.9 Å². The van der Waals surface area contributed by atoms with E-state index >= 15 is 0 Å². The minimum absolute atomic E-state index is 0.494. The van der Waals surface area contributed by atoms with Crippen LogP contribution in [0.5, 0.6) is 0 Å². The summed E-state index contributed by atoms with van der Waals surface area (Å²) in [6.07, 6.45) is 0. The summed E-state index contributed by atoms with van der Waals surface area (Å²) in [5.41, 5.74) is 19.3. The lowest BCUT2D eigenvalue weighted by Crippen LogP contribution is -2.26. The third kappa shape index (κ3) is 4.67. The van der Waals surface area contributed by atoms with Gasteiger partial charge >= 0.3 is 0 Å². The summed E-state index contributed by atoms with van der Waals surface area (Å²) in [4.78, 5) is 2.54. The molecule has 0 saturated heterocycles. The van der Waals surface area contributed by atoms with Gasteiger partial charge in [0.1, 0.15) is 0 Å². The van der Waals surface area contributed by atoms with E-state index in [2.05, 4.69) is 240 Å². The fraction of sp³-hybridized carbons (Fsp3) is 0.0169. The van der Waals surface area contributed by atoms with Gasteiger partial charge in [0.2, 0.25) is 0 Å². The van der Waals surface area contributed by atoms with Crippen molar-refractivity contribution in [1.29, 1.82) is 0 Å². The van der Waals surface area contributed by atoms with Crippen LogP contribution >= 0.6 is 0 Å². The summed E-state index contributed by atoms with van der Waals surface area (Å²) in [5.74, 6) is 0. The molecule has 0 bridgehead atoms. The van der Waals surface area contributed by atoms with E-state index in [1.165, 1.54) is 88.2 Å². The standard InChI is InChI=1S/C59H38N2/c1-3-19-39(20-4-1)42-23-12-17-33-54(42)61(41-35-36-47-45-26-13-18-34-55(45)60(56(47)37-41)40-21-5-2-6-22-40)57-38-53-58(48-28-8-7-27-46(48)57)49-29-11-16-32-52(49)59(53)50-30-14-9-24-43(50)44-25-10-15-31-51(44)59/h1-38H. The Hall–Kier alpha value is -7.94. The second-order valence-corrected chi connectivity index (χ2v) is 16.4. The molecule has 61 heavy (non-hydrogen) atoms. The minimum atomic E-state index is -0.494. The normalized spacial score (nSPS) is 13.0. The molecule has 0 atom stereocenters. The number of para-hydroxylation sites is 3. The van der Waals surface area contributed by atoms with Crippen molar-refractivity contribution < 1.29 is 0 Å². The molecule has 1 aromatic heterocycles. The summed E-state index contributed by atoms with van der Waals surface area (Å²) in [7, 11) is 0. The van der Waals surface area contributed by atoms with Gasteiger partial charge in [-0.1, -0.05) is 188 Å². The number of aromatic nitrogens is 1. The van der Waals surface area contributed by atoms with Crippen LogP contribution in [0.3, 0.4) is 0 Å². The molecule has 0 fully saturated rings. The average Bonchev–Trinajstić information content (AvgIpc) is 3.94. The highest BCUT2D eigenvalue weighted by Crippen LogP contribution is 2.65. The zero-order chi connectivity index (χ0) is 40.1. The minimum Gasteiger partial charge on any atom is -0.309 e. The van der Waals surface area contributed by atoms with Gasteiger partial charge in [0, 0.05) is 33.1 Å². The highest BCUT2D eigenvalue weighted by atomic mass is 15.1. The molecule has 11 aromatic rings. The van der Waals surface area contributed by atoms with Crippen LogP contribution in [0.1, 0.15) is 22.3 Å². The van der Waals surface area contributed by atoms with Crippen molar-refractivity contribution in [2.75, 3.05) is 4.90 Å². The Morgan fingerprint density at radius 1 is 0.328 bits per heavy atom. The van der Waals surface area contributed by atoms with Crippen LogP contribution in [0.2, 0.25) is 0 Å². The van der Waals surface area contributed by atoms with Gasteiger partial charge in [0.25, 0.3) is 0 Å². The molecular weight excluding hydrogens is 737 g/mol. The number of hydrogen-bond acceptors (Lipinski definition) is 1. The van der Waals surface area contributed by atoms with E-state index in [9.17, 15) is 0 Å². The van der Waals surface area contributed by atoms with Gasteiger partial charge in [-0.3, -0.25) is 0 Å². The molecule has 0 N–H and O–H groups in total. The fourth-order valence-corrected chi connectivity index (χ4v) is 11.0. The molecule has 0 saturated carbocycles. The Kier molecular flexibility index (Phi) is 7.26. The number of anilines is 3. The summed E-state index contributed by atoms with van der Waals surface area (Å²) in [5, 5.41) is 4.93. The van der Waals surface area contributed by atoms with E-state index in [-0.39, 0.29) is 0 Å². The second-order valence-electron chi connectivity index (χ2n) is 16.4. The van der Waals surface area contributed by atoms with Crippen molar-refractivity contribution in [2.24, 2.45) is 0 Å². The van der Waals surface area contributed by atoms with E-state index in [0.717, 1.165) is 22.7 Å². The molecule has 2 aliphatic carbocycles. The summed E-state index contributed by atoms with van der Waals surface area (Å²) in [6, 6.07) is 85.4. The Morgan fingerprint density at radius 3 is 1.57 bits per heavy atom. The lowest BCUT2D eigenvalue weighted by atomic mass is 9.70. The van der Waals surface area contributed by atoms with Crippen LogP contribution in [0, 0.1) is 0 Å². The third-order valence-electron chi connectivity index (χ3n) is 13.4. The monoisotopic (exact) mass is 774 g/mol. The first-order chi connectivity index (χ1) is 30.3. The largest absolute Gasteiger partial charge is 0.309 e. The molecule has 0 radical (unpaired) electrons. The van der Waals surface area contributed by atoms with E-state index in [1.807, 2.05) is 0 Å². The molecule has 10 aromatic carbocycles. The highest BCUT2D eigenvalue weighted by Gasteiger charge is 2.52. The highest BCUT2D eigenvalue weighted by molar-refractivity contribution is 6.14. The van der Waals surface area contributed by atoms with Crippen LogP contribution in [-0.4, -0.2) is 4.57 Å². The van der Waals surface area contributed by atoms with Gasteiger partial charge in [-0.2, -0.15) is 0 Å². The molecule has 0 aliphatic heterocycles. The molecule has 0 unspecified atom stereocenters. The fourth-order valence-electron chi connectivity index (χ4n) is 11.0. The third-order valence-corrected chi connectivity index (χ3v) is 13.4. The van der Waals surface area contributed by atoms with Crippen molar-refractivity contribution >= 4 is 49.6 Å². The van der Waals surface area contributed by atoms with Crippen LogP contribution < -0.4 is 4.90 Å². The van der Waals surface area contributed by atoms with E-state index < -0.39 is 5.41 Å². The SMILES string of the molecule is c1ccc(-c2ccccc2N(c2ccc3c4ccccc4n(-c4ccccc4)c3c2)c2cc3c(c4ccccc24)-c2ccccc2C32c3ccccc3-c3ccccc32)cc1. The molecule has 2 heteroatoms. The maximum atomic E-state index is 2.55. The molecule has 2 nitrogen and oxygen atoms in total. The molecule has 2 aliphatic rings. The zero-order valence-corrected chi connectivity index (χ0v) is 33.3. The number of hydrogen-bond donors (Lipinski definition) is 0. The Balaban J connectivity index is 1.18. The van der Waals surface area contributed by atoms with Crippen molar-refractivity contribution in [3.63, 3.8) is 0 Å². The first kappa shape index (κ1) is 34.0. The number of fused-ring (bicyclic) bond motifs is 15. The van der Waals surface area contributed by atoms with E-state index in [1.54, 1.807) is 0 Å². The quantitative estimate of drug-likeness (QED) is 0.169. The van der Waals surface area contributed by atoms with Gasteiger partial charge < -0.3 is 9.47 Å². The zero-order valence-electron chi connectivity index (χ0n) is 33.3. The predicted molar refractivity (Wildman–Crippen MR) is 255 cm³/mol. The van der Waals surface area contributed by atoms with Crippen LogP contribution in [-0.2, 0) is 5.41 Å². The van der Waals surface area contributed by atoms with Crippen LogP contribution in [0.4, 0.5) is 17.1 Å². The smallest absolute Gasteiger partial charge is 0.0726 e. The van der Waals surface area contributed by atoms with Crippen LogP contribution in [0.25, 0.3) is 71.6 Å². The van der Waals surface area contributed by atoms with Gasteiger partial charge in [0.05, 0.1) is 27.8 Å². The van der Waals surface area contributed by atoms with Crippen LogP contribution in [0.15, 0.2) is 231 Å². The topological polar surface area (TPSA) is 8.17 Å². The lowest BCUT2D eigenvalue weighted by Gasteiger charge is -2.33. The van der Waals surface area contributed by atoms with Gasteiger partial charge in [-0.15, -0.1) is 0 Å². The number of nitrogens with zero attached hydrogens (tertiary/aromatic N) is 2. The van der Waals surface area contributed by atoms with Gasteiger partial charge in [0.15, 0.2) is 0 Å². The first-order valence-corrected chi connectivity index (χ1v) is 21.2. The molecule has 0 amide bonds. The lowest BCUT2D eigenvalue weighted by molar-refractivity contribution is 0.794. The molecular formula is C59H38N2. The van der Waals surface area contributed by atoms with Crippen molar-refractivity contribution in [3.8, 4) is 39.1 Å². The van der Waals surface area contributed by atoms with E-state index in [4.69, 9.17) is 0 Å². The Morgan fingerprint density at radius 2 is 0.852 bits per heavy atom. The summed E-state index contributed by atoms with van der Waals surface area (Å²) < 4.78 is 2.42. The van der Waals surface area contributed by atoms with Gasteiger partial charge in [-0.25, -0.2) is 0 Å². The predicted octanol–water partition coefficient (Wildman–Crippen LogP) is 15.4. The summed E-state index contributed by atoms with van der Waals surface area (Å²) in [6.45, 7) is 0. The number of rotatable bonds is 5. The van der Waals surface area contributed by atoms with E-state index in [0.29, 0.717) is 0 Å².